The van der Waals surface area contributed by atoms with E-state index in [1.54, 1.807) is 0 Å². The highest BCUT2D eigenvalue weighted by molar-refractivity contribution is 5.94. The number of likely N-dealkylation sites (N-methyl/N-ethyl adjacent to an activating group) is 1. The third-order valence-electron chi connectivity index (χ3n) is 4.69. The van der Waals surface area contributed by atoms with E-state index >= 15 is 0 Å². The Morgan fingerprint density at radius 3 is 3.18 bits per heavy atom. The number of carbonyl (C=O) groups excluding carboxylic acids is 1. The van der Waals surface area contributed by atoms with Gasteiger partial charge in [-0.25, -0.2) is 0 Å². The van der Waals surface area contributed by atoms with Crippen molar-refractivity contribution in [3.8, 4) is 0 Å². The molecule has 0 bridgehead atoms. The van der Waals surface area contributed by atoms with Crippen LogP contribution in [-0.2, 0) is 25.8 Å². The normalized spacial score (nSPS) is 21.2. The van der Waals surface area contributed by atoms with Gasteiger partial charge in [-0.3, -0.25) is 15.0 Å². The van der Waals surface area contributed by atoms with Crippen molar-refractivity contribution >= 4 is 5.91 Å². The van der Waals surface area contributed by atoms with E-state index in [1.807, 2.05) is 6.20 Å². The first-order valence-electron chi connectivity index (χ1n) is 7.77. The minimum atomic E-state index is -0.0687. The smallest absolute Gasteiger partial charge is 0.272 e. The Morgan fingerprint density at radius 1 is 1.36 bits per heavy atom. The summed E-state index contributed by atoms with van der Waals surface area (Å²) in [5, 5.41) is 17.5. The molecule has 2 aromatic heterocycles. The molecule has 4 rings (SSSR count). The van der Waals surface area contributed by atoms with E-state index in [2.05, 4.69) is 37.7 Å². The molecule has 7 heteroatoms. The summed E-state index contributed by atoms with van der Waals surface area (Å²) in [5.74, 6) is -0.0687. The number of fused-ring (bicyclic) bond motifs is 2. The zero-order valence-electron chi connectivity index (χ0n) is 12.6. The Labute approximate surface area is 128 Å². The monoisotopic (exact) mass is 300 g/mol. The fraction of sp³-hybridized carbons (Fsp3) is 0.533. The number of carbonyl (C=O) groups is 1. The van der Waals surface area contributed by atoms with Crippen LogP contribution in [0.15, 0.2) is 6.20 Å². The molecular formula is C15H20N6O. The number of rotatable bonds is 2. The number of amides is 1. The van der Waals surface area contributed by atoms with Gasteiger partial charge in [-0.15, -0.1) is 0 Å². The Balaban J connectivity index is 1.48. The lowest BCUT2D eigenvalue weighted by Crippen LogP contribution is -2.39. The summed E-state index contributed by atoms with van der Waals surface area (Å²) in [4.78, 5) is 14.8. The quantitative estimate of drug-likeness (QED) is 0.749. The summed E-state index contributed by atoms with van der Waals surface area (Å²) < 4.78 is 0. The van der Waals surface area contributed by atoms with Crippen LogP contribution in [-0.4, -0.2) is 50.8 Å². The molecule has 2 aromatic rings. The molecule has 0 radical (unpaired) electrons. The molecule has 7 nitrogen and oxygen atoms in total. The fourth-order valence-electron chi connectivity index (χ4n) is 3.40. The first-order valence-corrected chi connectivity index (χ1v) is 7.77. The van der Waals surface area contributed by atoms with Crippen LogP contribution in [0.5, 0.6) is 0 Å². The second kappa shape index (κ2) is 5.24. The highest BCUT2D eigenvalue weighted by Crippen LogP contribution is 2.21. The fourth-order valence-corrected chi connectivity index (χ4v) is 3.40. The first-order chi connectivity index (χ1) is 10.7. The lowest BCUT2D eigenvalue weighted by Gasteiger charge is -2.24. The molecule has 0 unspecified atom stereocenters. The van der Waals surface area contributed by atoms with E-state index < -0.39 is 0 Å². The zero-order valence-corrected chi connectivity index (χ0v) is 12.6. The standard InChI is InChI=1S/C15H20N6O/c1-21-5-4-12-11(8-21)14(20-19-12)15(22)17-10-3-2-9-7-16-18-13(9)6-10/h7,10H,2-6,8H2,1H3,(H,16,18)(H,17,22)(H,19,20)/t10-/m0/s1. The molecule has 116 valence electrons. The Kier molecular flexibility index (Phi) is 3.22. The van der Waals surface area contributed by atoms with Gasteiger partial charge in [0.05, 0.1) is 6.20 Å². The largest absolute Gasteiger partial charge is 0.347 e. The Bertz CT molecular complexity index is 703. The van der Waals surface area contributed by atoms with Gasteiger partial charge in [0.1, 0.15) is 0 Å². The van der Waals surface area contributed by atoms with Crippen LogP contribution in [0.4, 0.5) is 0 Å². The second-order valence-electron chi connectivity index (χ2n) is 6.30. The number of aryl methyl sites for hydroxylation is 1. The average Bonchev–Trinajstić information content (AvgIpc) is 3.12. The molecule has 0 saturated carbocycles. The van der Waals surface area contributed by atoms with Crippen LogP contribution in [0.3, 0.4) is 0 Å². The van der Waals surface area contributed by atoms with Crippen molar-refractivity contribution < 1.29 is 4.79 Å². The summed E-state index contributed by atoms with van der Waals surface area (Å²) in [6.45, 7) is 1.78. The second-order valence-corrected chi connectivity index (χ2v) is 6.30. The molecule has 0 saturated heterocycles. The van der Waals surface area contributed by atoms with E-state index in [-0.39, 0.29) is 11.9 Å². The molecule has 0 fully saturated rings. The van der Waals surface area contributed by atoms with E-state index in [1.165, 1.54) is 5.56 Å². The number of nitrogens with zero attached hydrogens (tertiary/aromatic N) is 3. The number of hydrogen-bond acceptors (Lipinski definition) is 4. The van der Waals surface area contributed by atoms with Crippen molar-refractivity contribution in [2.45, 2.75) is 38.3 Å². The molecule has 0 spiro atoms. The highest BCUT2D eigenvalue weighted by atomic mass is 16.2. The van der Waals surface area contributed by atoms with Crippen LogP contribution < -0.4 is 5.32 Å². The predicted octanol–water partition coefficient (Wildman–Crippen LogP) is 0.408. The summed E-state index contributed by atoms with van der Waals surface area (Å²) in [7, 11) is 2.07. The van der Waals surface area contributed by atoms with Gasteiger partial charge >= 0.3 is 0 Å². The molecule has 1 aliphatic carbocycles. The third kappa shape index (κ3) is 2.31. The van der Waals surface area contributed by atoms with Gasteiger partial charge in [-0.2, -0.15) is 10.2 Å². The summed E-state index contributed by atoms with van der Waals surface area (Å²) in [5.41, 5.74) is 5.11. The van der Waals surface area contributed by atoms with Crippen molar-refractivity contribution in [2.24, 2.45) is 0 Å². The minimum Gasteiger partial charge on any atom is -0.347 e. The number of H-pyrrole nitrogens is 2. The number of nitrogens with one attached hydrogen (secondary N) is 3. The predicted molar refractivity (Wildman–Crippen MR) is 80.5 cm³/mol. The molecule has 1 amide bonds. The molecule has 3 N–H and O–H groups in total. The SMILES string of the molecule is CN1CCc2[nH]nc(C(=O)N[C@H]3CCc4cn[nH]c4C3)c2C1. The van der Waals surface area contributed by atoms with Crippen LogP contribution in [0.2, 0.25) is 0 Å². The van der Waals surface area contributed by atoms with Gasteiger partial charge < -0.3 is 10.2 Å². The van der Waals surface area contributed by atoms with Crippen molar-refractivity contribution in [1.29, 1.82) is 0 Å². The lowest BCUT2D eigenvalue weighted by molar-refractivity contribution is 0.0926. The molecule has 2 aliphatic rings. The molecule has 22 heavy (non-hydrogen) atoms. The van der Waals surface area contributed by atoms with Crippen molar-refractivity contribution in [3.63, 3.8) is 0 Å². The highest BCUT2D eigenvalue weighted by Gasteiger charge is 2.27. The third-order valence-corrected chi connectivity index (χ3v) is 4.69. The van der Waals surface area contributed by atoms with Gasteiger partial charge in [-0.05, 0) is 25.5 Å². The molecule has 0 aromatic carbocycles. The van der Waals surface area contributed by atoms with E-state index in [0.717, 1.165) is 55.7 Å². The van der Waals surface area contributed by atoms with Crippen LogP contribution in [0.1, 0.15) is 39.4 Å². The maximum Gasteiger partial charge on any atom is 0.272 e. The minimum absolute atomic E-state index is 0.0687. The molecule has 1 atom stereocenters. The Morgan fingerprint density at radius 2 is 2.27 bits per heavy atom. The zero-order chi connectivity index (χ0) is 15.1. The summed E-state index contributed by atoms with van der Waals surface area (Å²) >= 11 is 0. The summed E-state index contributed by atoms with van der Waals surface area (Å²) in [6.07, 6.45) is 5.52. The van der Waals surface area contributed by atoms with Crippen LogP contribution in [0.25, 0.3) is 0 Å². The first kappa shape index (κ1) is 13.5. The van der Waals surface area contributed by atoms with E-state index in [4.69, 9.17) is 0 Å². The lowest BCUT2D eigenvalue weighted by atomic mass is 9.93. The van der Waals surface area contributed by atoms with Crippen molar-refractivity contribution in [2.75, 3.05) is 13.6 Å². The molecule has 1 aliphatic heterocycles. The number of hydrogen-bond donors (Lipinski definition) is 3. The van der Waals surface area contributed by atoms with Gasteiger partial charge in [0.25, 0.3) is 5.91 Å². The number of aromatic amines is 2. The molecular weight excluding hydrogens is 280 g/mol. The van der Waals surface area contributed by atoms with Gasteiger partial charge in [0.15, 0.2) is 5.69 Å². The van der Waals surface area contributed by atoms with Crippen molar-refractivity contribution in [1.82, 2.24) is 30.6 Å². The maximum atomic E-state index is 12.6. The summed E-state index contributed by atoms with van der Waals surface area (Å²) in [6, 6.07) is 0.147. The van der Waals surface area contributed by atoms with Gasteiger partial charge in [0.2, 0.25) is 0 Å². The molecule has 3 heterocycles. The van der Waals surface area contributed by atoms with Crippen LogP contribution >= 0.6 is 0 Å². The van der Waals surface area contributed by atoms with E-state index in [0.29, 0.717) is 5.69 Å². The van der Waals surface area contributed by atoms with Gasteiger partial charge in [-0.1, -0.05) is 0 Å². The topological polar surface area (TPSA) is 89.7 Å². The Hall–Kier alpha value is -2.15. The number of aromatic nitrogens is 4. The average molecular weight is 300 g/mol. The van der Waals surface area contributed by atoms with Gasteiger partial charge in [0, 0.05) is 48.9 Å². The van der Waals surface area contributed by atoms with E-state index in [9.17, 15) is 4.79 Å². The maximum absolute atomic E-state index is 12.6. The van der Waals surface area contributed by atoms with Crippen molar-refractivity contribution in [3.05, 3.63) is 34.4 Å². The van der Waals surface area contributed by atoms with Crippen LogP contribution in [0, 0.1) is 0 Å².